The molecule has 29 heavy (non-hydrogen) atoms. The van der Waals surface area contributed by atoms with Gasteiger partial charge in [0.15, 0.2) is 14.4 Å². The summed E-state index contributed by atoms with van der Waals surface area (Å²) in [6.45, 7) is 17.2. The predicted octanol–water partition coefficient (Wildman–Crippen LogP) is 5.57. The number of carbonyl (C=O) groups is 1. The zero-order chi connectivity index (χ0) is 22.2. The molecule has 1 rings (SSSR count). The van der Waals surface area contributed by atoms with Crippen LogP contribution >= 0.6 is 0 Å². The van der Waals surface area contributed by atoms with Gasteiger partial charge in [0.05, 0.1) is 5.56 Å². The van der Waals surface area contributed by atoms with E-state index in [1.165, 1.54) is 0 Å². The van der Waals surface area contributed by atoms with Gasteiger partial charge in [0.25, 0.3) is 0 Å². The fourth-order valence-electron chi connectivity index (χ4n) is 4.03. The Bertz CT molecular complexity index is 671. The van der Waals surface area contributed by atoms with Gasteiger partial charge < -0.3 is 14.3 Å². The van der Waals surface area contributed by atoms with Crippen molar-refractivity contribution in [1.29, 1.82) is 0 Å². The quantitative estimate of drug-likeness (QED) is 0.324. The van der Waals surface area contributed by atoms with Crippen LogP contribution in [0.3, 0.4) is 0 Å². The Balaban J connectivity index is 2.94. The van der Waals surface area contributed by atoms with Gasteiger partial charge in [-0.1, -0.05) is 71.6 Å². The van der Waals surface area contributed by atoms with Gasteiger partial charge in [0.1, 0.15) is 5.60 Å². The van der Waals surface area contributed by atoms with E-state index in [1.54, 1.807) is 38.1 Å². The summed E-state index contributed by atoms with van der Waals surface area (Å²) >= 11 is 0. The van der Waals surface area contributed by atoms with Crippen molar-refractivity contribution in [1.82, 2.24) is 0 Å². The number of rotatable bonds is 9. The monoisotopic (exact) mass is 418 g/mol. The summed E-state index contributed by atoms with van der Waals surface area (Å²) in [4.78, 5) is 12.5. The molecule has 0 fully saturated rings. The van der Waals surface area contributed by atoms with Crippen molar-refractivity contribution in [3.05, 3.63) is 35.9 Å². The molecule has 1 atom stereocenters. The molecule has 0 aliphatic heterocycles. The predicted molar refractivity (Wildman–Crippen MR) is 121 cm³/mol. The number of aliphatic hydroxyl groups is 1. The molecule has 1 N–H and O–H groups in total. The second-order valence-corrected chi connectivity index (χ2v) is 14.5. The van der Waals surface area contributed by atoms with E-state index in [4.69, 9.17) is 9.16 Å². The SMILES string of the molecule is CC(C)[Si](OCC[C@@H](C#CC(C)(C)O)OC(=O)c1ccccc1)(C(C)C)C(C)C. The zero-order valence-corrected chi connectivity index (χ0v) is 20.3. The molecule has 0 heterocycles. The molecule has 0 bridgehead atoms. The van der Waals surface area contributed by atoms with Gasteiger partial charge in [-0.3, -0.25) is 0 Å². The van der Waals surface area contributed by atoms with Gasteiger partial charge in [0, 0.05) is 13.0 Å². The first-order valence-corrected chi connectivity index (χ1v) is 12.7. The van der Waals surface area contributed by atoms with Gasteiger partial charge in [-0.05, 0) is 42.6 Å². The normalized spacial score (nSPS) is 13.4. The van der Waals surface area contributed by atoms with Crippen LogP contribution in [0.5, 0.6) is 0 Å². The average molecular weight is 419 g/mol. The van der Waals surface area contributed by atoms with Crippen LogP contribution in [0.15, 0.2) is 30.3 Å². The fraction of sp³-hybridized carbons (Fsp3) is 0.625. The van der Waals surface area contributed by atoms with Crippen molar-refractivity contribution in [3.63, 3.8) is 0 Å². The van der Waals surface area contributed by atoms with Crippen LogP contribution in [0.1, 0.15) is 72.2 Å². The lowest BCUT2D eigenvalue weighted by Crippen LogP contribution is -2.48. The lowest BCUT2D eigenvalue weighted by atomic mass is 10.1. The van der Waals surface area contributed by atoms with E-state index < -0.39 is 26.0 Å². The molecule has 0 spiro atoms. The van der Waals surface area contributed by atoms with E-state index in [1.807, 2.05) is 6.07 Å². The summed E-state index contributed by atoms with van der Waals surface area (Å²) in [7, 11) is -2.00. The third-order valence-corrected chi connectivity index (χ3v) is 11.4. The molecule has 0 amide bonds. The van der Waals surface area contributed by atoms with Crippen LogP contribution < -0.4 is 0 Å². The minimum Gasteiger partial charge on any atom is -0.445 e. The van der Waals surface area contributed by atoms with Crippen LogP contribution in [0.2, 0.25) is 16.6 Å². The summed E-state index contributed by atoms with van der Waals surface area (Å²) in [6, 6.07) is 8.88. The highest BCUT2D eigenvalue weighted by atomic mass is 28.4. The molecule has 1 aromatic rings. The Morgan fingerprint density at radius 1 is 1.03 bits per heavy atom. The standard InChI is InChI=1S/C24H38O4Si/c1-18(2)29(19(3)4,20(5)6)27-17-15-22(14-16-24(7,8)26)28-23(25)21-12-10-9-11-13-21/h9-13,18-20,22,26H,15,17H2,1-8H3/t22-/m1/s1. The second-order valence-electron chi connectivity index (χ2n) is 9.04. The molecule has 162 valence electrons. The van der Waals surface area contributed by atoms with Gasteiger partial charge in [0.2, 0.25) is 0 Å². The maximum atomic E-state index is 12.5. The molecule has 0 saturated carbocycles. The fourth-order valence-corrected chi connectivity index (χ4v) is 9.50. The van der Waals surface area contributed by atoms with E-state index in [0.717, 1.165) is 0 Å². The van der Waals surface area contributed by atoms with E-state index >= 15 is 0 Å². The lowest BCUT2D eigenvalue weighted by molar-refractivity contribution is 0.0368. The van der Waals surface area contributed by atoms with Gasteiger partial charge in [-0.15, -0.1) is 0 Å². The maximum absolute atomic E-state index is 12.5. The van der Waals surface area contributed by atoms with Crippen LogP contribution in [-0.2, 0) is 9.16 Å². The molecule has 0 aromatic heterocycles. The minimum absolute atomic E-state index is 0.416. The largest absolute Gasteiger partial charge is 0.445 e. The highest BCUT2D eigenvalue weighted by molar-refractivity contribution is 6.77. The molecule has 0 saturated heterocycles. The van der Waals surface area contributed by atoms with Gasteiger partial charge in [-0.2, -0.15) is 0 Å². The van der Waals surface area contributed by atoms with Crippen molar-refractivity contribution in [2.24, 2.45) is 0 Å². The number of carbonyl (C=O) groups excluding carboxylic acids is 1. The molecule has 1 aromatic carbocycles. The van der Waals surface area contributed by atoms with Crippen molar-refractivity contribution < 1.29 is 19.1 Å². The van der Waals surface area contributed by atoms with Crippen LogP contribution in [0.4, 0.5) is 0 Å². The van der Waals surface area contributed by atoms with Crippen LogP contribution in [0.25, 0.3) is 0 Å². The minimum atomic E-state index is -2.00. The Kier molecular flexibility index (Phi) is 9.61. The summed E-state index contributed by atoms with van der Waals surface area (Å²) in [5, 5.41) is 9.95. The van der Waals surface area contributed by atoms with Crippen molar-refractivity contribution >= 4 is 14.3 Å². The lowest BCUT2D eigenvalue weighted by Gasteiger charge is -2.42. The first-order valence-electron chi connectivity index (χ1n) is 10.5. The Hall–Kier alpha value is -1.61. The molecular weight excluding hydrogens is 380 g/mol. The molecule has 0 unspecified atom stereocenters. The Morgan fingerprint density at radius 2 is 1.55 bits per heavy atom. The van der Waals surface area contributed by atoms with E-state index in [-0.39, 0.29) is 0 Å². The molecular formula is C24H38O4Si. The first kappa shape index (κ1) is 25.4. The van der Waals surface area contributed by atoms with E-state index in [0.29, 0.717) is 35.2 Å². The average Bonchev–Trinajstić information content (AvgIpc) is 2.62. The van der Waals surface area contributed by atoms with E-state index in [2.05, 4.69) is 53.4 Å². The Morgan fingerprint density at radius 3 is 2.00 bits per heavy atom. The summed E-state index contributed by atoms with van der Waals surface area (Å²) < 4.78 is 12.2. The number of esters is 1. The summed E-state index contributed by atoms with van der Waals surface area (Å²) in [5.41, 5.74) is 0.782. The summed E-state index contributed by atoms with van der Waals surface area (Å²) in [6.07, 6.45) is -0.157. The first-order chi connectivity index (χ1) is 13.4. The van der Waals surface area contributed by atoms with E-state index in [9.17, 15) is 9.90 Å². The summed E-state index contributed by atoms with van der Waals surface area (Å²) in [5.74, 6) is 5.29. The van der Waals surface area contributed by atoms with Gasteiger partial charge in [-0.25, -0.2) is 4.79 Å². The van der Waals surface area contributed by atoms with Crippen molar-refractivity contribution in [2.75, 3.05) is 6.61 Å². The zero-order valence-electron chi connectivity index (χ0n) is 19.3. The molecule has 0 aliphatic carbocycles. The molecule has 4 nitrogen and oxygen atoms in total. The smallest absolute Gasteiger partial charge is 0.339 e. The van der Waals surface area contributed by atoms with Gasteiger partial charge >= 0.3 is 5.97 Å². The molecule has 5 heteroatoms. The van der Waals surface area contributed by atoms with Crippen LogP contribution in [0, 0.1) is 11.8 Å². The number of hydrogen-bond acceptors (Lipinski definition) is 4. The maximum Gasteiger partial charge on any atom is 0.339 e. The third kappa shape index (κ3) is 7.62. The third-order valence-electron chi connectivity index (χ3n) is 5.24. The highest BCUT2D eigenvalue weighted by Gasteiger charge is 2.44. The highest BCUT2D eigenvalue weighted by Crippen LogP contribution is 2.42. The van der Waals surface area contributed by atoms with Crippen molar-refractivity contribution in [3.8, 4) is 11.8 Å². The Labute approximate surface area is 178 Å². The number of benzene rings is 1. The van der Waals surface area contributed by atoms with Crippen molar-refractivity contribution in [2.45, 2.75) is 90.1 Å². The number of hydrogen-bond donors (Lipinski definition) is 1. The second kappa shape index (κ2) is 11.0. The topological polar surface area (TPSA) is 55.8 Å². The molecule has 0 aliphatic rings. The molecule has 0 radical (unpaired) electrons. The van der Waals surface area contributed by atoms with Crippen LogP contribution in [-0.4, -0.2) is 37.7 Å². The number of ether oxygens (including phenoxy) is 1.